The van der Waals surface area contributed by atoms with Gasteiger partial charge in [0.25, 0.3) is 5.66 Å². The number of aliphatic imine (C=N–C) groups is 2. The zero-order valence-corrected chi connectivity index (χ0v) is 7.40. The van der Waals surface area contributed by atoms with Crippen LogP contribution in [-0.4, -0.2) is 42.0 Å². The van der Waals surface area contributed by atoms with Crippen LogP contribution < -0.4 is 0 Å². The van der Waals surface area contributed by atoms with Gasteiger partial charge in [0.15, 0.2) is 0 Å². The van der Waals surface area contributed by atoms with Crippen molar-refractivity contribution in [3.63, 3.8) is 0 Å². The van der Waals surface area contributed by atoms with E-state index in [2.05, 4.69) is 27.7 Å². The summed E-state index contributed by atoms with van der Waals surface area (Å²) in [6.45, 7) is 4.02. The third-order valence-corrected chi connectivity index (χ3v) is 2.44. The summed E-state index contributed by atoms with van der Waals surface area (Å²) < 4.78 is 2.31. The molecule has 0 saturated heterocycles. The Balaban J connectivity index is 2.35. The van der Waals surface area contributed by atoms with E-state index in [-0.39, 0.29) is 5.66 Å². The van der Waals surface area contributed by atoms with E-state index in [4.69, 9.17) is 0 Å². The highest BCUT2D eigenvalue weighted by molar-refractivity contribution is 5.77. The maximum Gasteiger partial charge on any atom is 0.271 e. The molecule has 0 saturated carbocycles. The van der Waals surface area contributed by atoms with E-state index in [1.165, 1.54) is 0 Å². The summed E-state index contributed by atoms with van der Waals surface area (Å²) in [5.74, 6) is 0. The van der Waals surface area contributed by atoms with Gasteiger partial charge in [-0.15, -0.1) is 0 Å². The Morgan fingerprint density at radius 2 is 2.33 bits per heavy atom. The molecule has 0 aliphatic carbocycles. The van der Waals surface area contributed by atoms with Crippen LogP contribution in [0.25, 0.3) is 0 Å². The molecule has 2 aliphatic rings. The van der Waals surface area contributed by atoms with Gasteiger partial charge in [-0.05, 0) is 0 Å². The van der Waals surface area contributed by atoms with Crippen molar-refractivity contribution >= 4 is 18.6 Å². The molecule has 0 spiro atoms. The first-order chi connectivity index (χ1) is 5.81. The molecule has 0 aromatic heterocycles. The van der Waals surface area contributed by atoms with Gasteiger partial charge in [-0.1, -0.05) is 0 Å². The Bertz CT molecular complexity index is 265. The molecule has 0 radical (unpaired) electrons. The Morgan fingerprint density at radius 1 is 1.42 bits per heavy atom. The van der Waals surface area contributed by atoms with Crippen LogP contribution in [0.2, 0.25) is 0 Å². The molecule has 3 heteroatoms. The largest absolute Gasteiger partial charge is 0.287 e. The lowest BCUT2D eigenvalue weighted by atomic mass is 10.1. The molecule has 3 nitrogen and oxygen atoms in total. The molecular formula is C9H14N3+. The molecule has 64 valence electrons. The summed E-state index contributed by atoms with van der Waals surface area (Å²) in [6, 6.07) is 0. The molecule has 2 rings (SSSR count). The molecule has 0 aromatic carbocycles. The standard InChI is InChI=1S/C9H14N3/c1-9-8-10-4-2-6-12(9)7-3-5-11-9/h4-6H,2-3,7-8H2,1H3/q+1. The highest BCUT2D eigenvalue weighted by Gasteiger charge is 2.36. The first-order valence-electron chi connectivity index (χ1n) is 4.43. The van der Waals surface area contributed by atoms with Crippen LogP contribution in [0.15, 0.2) is 9.98 Å². The number of nitrogens with zero attached hydrogens (tertiary/aromatic N) is 3. The van der Waals surface area contributed by atoms with Gasteiger partial charge in [0, 0.05) is 25.8 Å². The molecule has 0 N–H and O–H groups in total. The number of rotatable bonds is 0. The van der Waals surface area contributed by atoms with Gasteiger partial charge in [-0.25, -0.2) is 9.57 Å². The van der Waals surface area contributed by atoms with Crippen molar-refractivity contribution in [2.24, 2.45) is 9.98 Å². The Labute approximate surface area is 72.5 Å². The predicted octanol–water partition coefficient (Wildman–Crippen LogP) is 0.735. The van der Waals surface area contributed by atoms with Crippen LogP contribution in [0.3, 0.4) is 0 Å². The number of fused-ring (bicyclic) bond motifs is 1. The van der Waals surface area contributed by atoms with Crippen LogP contribution in [0.1, 0.15) is 19.8 Å². The van der Waals surface area contributed by atoms with Crippen LogP contribution in [0, 0.1) is 0 Å². The molecule has 1 unspecified atom stereocenters. The van der Waals surface area contributed by atoms with Gasteiger partial charge < -0.3 is 0 Å². The van der Waals surface area contributed by atoms with Crippen molar-refractivity contribution in [1.82, 2.24) is 0 Å². The molecule has 0 amide bonds. The topological polar surface area (TPSA) is 27.7 Å². The number of hydrogen-bond acceptors (Lipinski definition) is 2. The highest BCUT2D eigenvalue weighted by atomic mass is 15.2. The van der Waals surface area contributed by atoms with Crippen LogP contribution in [-0.2, 0) is 0 Å². The fourth-order valence-corrected chi connectivity index (χ4v) is 1.68. The minimum absolute atomic E-state index is 0.0920. The van der Waals surface area contributed by atoms with Crippen molar-refractivity contribution in [3.05, 3.63) is 0 Å². The zero-order valence-electron chi connectivity index (χ0n) is 7.40. The maximum atomic E-state index is 4.50. The van der Waals surface area contributed by atoms with Crippen molar-refractivity contribution in [3.8, 4) is 0 Å². The van der Waals surface area contributed by atoms with Gasteiger partial charge in [-0.3, -0.25) is 4.99 Å². The van der Waals surface area contributed by atoms with E-state index >= 15 is 0 Å². The first-order valence-corrected chi connectivity index (χ1v) is 4.43. The second kappa shape index (κ2) is 2.81. The first kappa shape index (κ1) is 7.65. The zero-order chi connectivity index (χ0) is 8.44. The molecular weight excluding hydrogens is 150 g/mol. The van der Waals surface area contributed by atoms with Gasteiger partial charge in [-0.2, -0.15) is 0 Å². The molecule has 0 bridgehead atoms. The lowest BCUT2D eigenvalue weighted by Gasteiger charge is -2.23. The molecule has 0 fully saturated rings. The monoisotopic (exact) mass is 164 g/mol. The van der Waals surface area contributed by atoms with Gasteiger partial charge in [0.05, 0.1) is 6.42 Å². The second-order valence-corrected chi connectivity index (χ2v) is 3.45. The molecule has 12 heavy (non-hydrogen) atoms. The van der Waals surface area contributed by atoms with E-state index < -0.39 is 0 Å². The summed E-state index contributed by atoms with van der Waals surface area (Å²) in [6.07, 6.45) is 8.20. The van der Waals surface area contributed by atoms with Crippen molar-refractivity contribution < 1.29 is 4.58 Å². The van der Waals surface area contributed by atoms with Crippen molar-refractivity contribution in [1.29, 1.82) is 0 Å². The molecule has 0 aromatic rings. The van der Waals surface area contributed by atoms with Crippen LogP contribution in [0.5, 0.6) is 0 Å². The summed E-state index contributed by atoms with van der Waals surface area (Å²) in [7, 11) is 0. The lowest BCUT2D eigenvalue weighted by Crippen LogP contribution is -2.43. The highest BCUT2D eigenvalue weighted by Crippen LogP contribution is 2.17. The Kier molecular flexibility index (Phi) is 1.79. The molecule has 1 atom stereocenters. The Morgan fingerprint density at radius 3 is 3.25 bits per heavy atom. The Hall–Kier alpha value is -0.990. The smallest absolute Gasteiger partial charge is 0.271 e. The maximum absolute atomic E-state index is 4.50. The fourth-order valence-electron chi connectivity index (χ4n) is 1.68. The van der Waals surface area contributed by atoms with Gasteiger partial charge >= 0.3 is 0 Å². The lowest BCUT2D eigenvalue weighted by molar-refractivity contribution is -0.598. The second-order valence-electron chi connectivity index (χ2n) is 3.45. The van der Waals surface area contributed by atoms with Crippen molar-refractivity contribution in [2.75, 3.05) is 13.1 Å². The summed E-state index contributed by atoms with van der Waals surface area (Å²) >= 11 is 0. The van der Waals surface area contributed by atoms with E-state index in [1.54, 1.807) is 0 Å². The van der Waals surface area contributed by atoms with Gasteiger partial charge in [0.2, 0.25) is 0 Å². The third-order valence-electron chi connectivity index (χ3n) is 2.44. The van der Waals surface area contributed by atoms with Crippen LogP contribution >= 0.6 is 0 Å². The van der Waals surface area contributed by atoms with E-state index in [9.17, 15) is 0 Å². The van der Waals surface area contributed by atoms with E-state index in [0.717, 1.165) is 25.9 Å². The average Bonchev–Trinajstić information content (AvgIpc) is 2.25. The number of hydrogen-bond donors (Lipinski definition) is 0. The summed E-state index contributed by atoms with van der Waals surface area (Å²) in [4.78, 5) is 8.81. The average molecular weight is 164 g/mol. The molecule has 2 heterocycles. The van der Waals surface area contributed by atoms with Crippen molar-refractivity contribution in [2.45, 2.75) is 25.4 Å². The van der Waals surface area contributed by atoms with Crippen LogP contribution in [0.4, 0.5) is 0 Å². The SMILES string of the molecule is CC12CN=CCC=[N+]1CCC=N2. The normalized spacial score (nSPS) is 33.9. The minimum Gasteiger partial charge on any atom is -0.287 e. The predicted molar refractivity (Wildman–Crippen MR) is 50.7 cm³/mol. The quantitative estimate of drug-likeness (QED) is 0.472. The van der Waals surface area contributed by atoms with E-state index in [0.29, 0.717) is 0 Å². The van der Waals surface area contributed by atoms with Gasteiger partial charge in [0.1, 0.15) is 19.3 Å². The summed E-state index contributed by atoms with van der Waals surface area (Å²) in [5, 5.41) is 0. The van der Waals surface area contributed by atoms with E-state index in [1.807, 2.05) is 12.4 Å². The molecule has 2 aliphatic heterocycles. The minimum atomic E-state index is -0.0920. The fraction of sp³-hybridized carbons (Fsp3) is 0.667. The summed E-state index contributed by atoms with van der Waals surface area (Å²) in [5.41, 5.74) is -0.0920. The third kappa shape index (κ3) is 1.19.